The van der Waals surface area contributed by atoms with Gasteiger partial charge in [0.25, 0.3) is 11.5 Å². The van der Waals surface area contributed by atoms with Gasteiger partial charge < -0.3 is 14.6 Å². The number of hydrogen-bond acceptors (Lipinski definition) is 3. The molecule has 1 amide bonds. The minimum absolute atomic E-state index is 0.0799. The van der Waals surface area contributed by atoms with Crippen LogP contribution in [0.2, 0.25) is 0 Å². The second-order valence-electron chi connectivity index (χ2n) is 6.91. The van der Waals surface area contributed by atoms with Gasteiger partial charge in [-0.2, -0.15) is 0 Å². The number of carbonyl (C=O) groups excluding carboxylic acids is 1. The van der Waals surface area contributed by atoms with E-state index in [1.807, 2.05) is 19.9 Å². The lowest BCUT2D eigenvalue weighted by Crippen LogP contribution is -2.47. The van der Waals surface area contributed by atoms with Crippen LogP contribution in [0.3, 0.4) is 0 Å². The average molecular weight is 320 g/mol. The molecule has 1 aromatic rings. The quantitative estimate of drug-likeness (QED) is 0.907. The Morgan fingerprint density at radius 2 is 2.17 bits per heavy atom. The molecule has 1 N–H and O–H groups in total. The number of morpholine rings is 1. The molecule has 0 saturated carbocycles. The first-order valence-electron chi connectivity index (χ1n) is 8.50. The first kappa shape index (κ1) is 17.7. The molecule has 1 aliphatic rings. The Morgan fingerprint density at radius 1 is 1.43 bits per heavy atom. The number of H-pyrrole nitrogens is 1. The van der Waals surface area contributed by atoms with Gasteiger partial charge in [0.2, 0.25) is 0 Å². The summed E-state index contributed by atoms with van der Waals surface area (Å²) in [6, 6.07) is 1.84. The number of nitrogens with one attached hydrogen (secondary N) is 1. The van der Waals surface area contributed by atoms with Crippen LogP contribution in [-0.4, -0.2) is 41.6 Å². The van der Waals surface area contributed by atoms with Crippen molar-refractivity contribution in [2.75, 3.05) is 19.7 Å². The summed E-state index contributed by atoms with van der Waals surface area (Å²) in [4.78, 5) is 29.4. The van der Waals surface area contributed by atoms with Crippen LogP contribution in [0.25, 0.3) is 0 Å². The lowest BCUT2D eigenvalue weighted by Gasteiger charge is -2.33. The van der Waals surface area contributed by atoms with Crippen molar-refractivity contribution in [2.45, 2.75) is 53.1 Å². The summed E-state index contributed by atoms with van der Waals surface area (Å²) in [7, 11) is 0. The van der Waals surface area contributed by atoms with Gasteiger partial charge in [-0.3, -0.25) is 9.59 Å². The van der Waals surface area contributed by atoms with Crippen LogP contribution in [0.5, 0.6) is 0 Å². The molecule has 0 spiro atoms. The van der Waals surface area contributed by atoms with Crippen molar-refractivity contribution >= 4 is 5.91 Å². The van der Waals surface area contributed by atoms with E-state index in [1.165, 1.54) is 6.42 Å². The molecule has 2 rings (SSSR count). The fourth-order valence-electron chi connectivity index (χ4n) is 3.11. The third kappa shape index (κ3) is 4.67. The van der Waals surface area contributed by atoms with E-state index >= 15 is 0 Å². The van der Waals surface area contributed by atoms with Gasteiger partial charge in [-0.25, -0.2) is 0 Å². The number of aryl methyl sites for hydroxylation is 2. The number of aromatic nitrogens is 1. The topological polar surface area (TPSA) is 62.4 Å². The number of nitrogens with zero attached hydrogens (tertiary/aromatic N) is 1. The van der Waals surface area contributed by atoms with E-state index < -0.39 is 0 Å². The molecule has 5 nitrogen and oxygen atoms in total. The van der Waals surface area contributed by atoms with Gasteiger partial charge in [0.05, 0.1) is 12.7 Å². The van der Waals surface area contributed by atoms with Crippen molar-refractivity contribution in [3.63, 3.8) is 0 Å². The van der Waals surface area contributed by atoms with Crippen LogP contribution in [0.1, 0.15) is 54.7 Å². The van der Waals surface area contributed by atoms with Crippen LogP contribution in [-0.2, 0) is 4.74 Å². The Hall–Kier alpha value is -1.62. The Labute approximate surface area is 138 Å². The largest absolute Gasteiger partial charge is 0.375 e. The van der Waals surface area contributed by atoms with E-state index in [4.69, 9.17) is 4.74 Å². The summed E-state index contributed by atoms with van der Waals surface area (Å²) in [6.45, 7) is 9.73. The summed E-state index contributed by atoms with van der Waals surface area (Å²) >= 11 is 0. The molecule has 1 aliphatic heterocycles. The number of carbonyl (C=O) groups is 1. The summed E-state index contributed by atoms with van der Waals surface area (Å²) in [5.41, 5.74) is 1.48. The second-order valence-corrected chi connectivity index (χ2v) is 6.91. The number of rotatable bonds is 5. The van der Waals surface area contributed by atoms with Gasteiger partial charge in [-0.1, -0.05) is 26.7 Å². The number of pyridine rings is 1. The zero-order valence-corrected chi connectivity index (χ0v) is 14.6. The lowest BCUT2D eigenvalue weighted by molar-refractivity contribution is -0.0261. The monoisotopic (exact) mass is 320 g/mol. The summed E-state index contributed by atoms with van der Waals surface area (Å²) < 4.78 is 5.78. The predicted octanol–water partition coefficient (Wildman–Crippen LogP) is 2.66. The van der Waals surface area contributed by atoms with E-state index in [-0.39, 0.29) is 23.1 Å². The molecule has 1 atom stereocenters. The standard InChI is InChI=1S/C18H28N2O3/c1-12(2)6-5-7-15-11-20(8-9-23-15)18(22)16-13(3)10-14(4)19-17(16)21/h10,12,15H,5-9,11H2,1-4H3,(H,19,21)/t15-/m0/s1. The normalized spacial score (nSPS) is 18.5. The van der Waals surface area contributed by atoms with Crippen LogP contribution >= 0.6 is 0 Å². The van der Waals surface area contributed by atoms with Crippen molar-refractivity contribution in [3.05, 3.63) is 33.2 Å². The maximum atomic E-state index is 12.7. The van der Waals surface area contributed by atoms with Crippen molar-refractivity contribution in [1.29, 1.82) is 0 Å². The Morgan fingerprint density at radius 3 is 2.83 bits per heavy atom. The first-order valence-corrected chi connectivity index (χ1v) is 8.50. The molecule has 23 heavy (non-hydrogen) atoms. The Kier molecular flexibility index (Phi) is 5.99. The predicted molar refractivity (Wildman–Crippen MR) is 90.9 cm³/mol. The molecule has 1 aromatic heterocycles. The third-order valence-corrected chi connectivity index (χ3v) is 4.31. The van der Waals surface area contributed by atoms with Crippen LogP contribution in [0.15, 0.2) is 10.9 Å². The Balaban J connectivity index is 2.04. The molecule has 0 aromatic carbocycles. The second kappa shape index (κ2) is 7.77. The highest BCUT2D eigenvalue weighted by molar-refractivity contribution is 5.95. The highest BCUT2D eigenvalue weighted by Crippen LogP contribution is 2.16. The van der Waals surface area contributed by atoms with E-state index in [2.05, 4.69) is 18.8 Å². The molecular weight excluding hydrogens is 292 g/mol. The molecule has 128 valence electrons. The van der Waals surface area contributed by atoms with Crippen molar-refractivity contribution in [2.24, 2.45) is 5.92 Å². The molecule has 0 aliphatic carbocycles. The zero-order valence-electron chi connectivity index (χ0n) is 14.6. The van der Waals surface area contributed by atoms with Gasteiger partial charge in [0, 0.05) is 18.8 Å². The van der Waals surface area contributed by atoms with Crippen molar-refractivity contribution < 1.29 is 9.53 Å². The highest BCUT2D eigenvalue weighted by atomic mass is 16.5. The fourth-order valence-corrected chi connectivity index (χ4v) is 3.11. The summed E-state index contributed by atoms with van der Waals surface area (Å²) in [5.74, 6) is 0.506. The van der Waals surface area contributed by atoms with Gasteiger partial charge >= 0.3 is 0 Å². The molecule has 1 saturated heterocycles. The van der Waals surface area contributed by atoms with Gasteiger partial charge in [0.1, 0.15) is 5.56 Å². The number of ether oxygens (including phenoxy) is 1. The number of hydrogen-bond donors (Lipinski definition) is 1. The molecule has 0 unspecified atom stereocenters. The molecule has 0 radical (unpaired) electrons. The molecular formula is C18H28N2O3. The lowest BCUT2D eigenvalue weighted by atomic mass is 10.0. The zero-order chi connectivity index (χ0) is 17.0. The van der Waals surface area contributed by atoms with Gasteiger partial charge in [-0.05, 0) is 37.8 Å². The van der Waals surface area contributed by atoms with Gasteiger partial charge in [0.15, 0.2) is 0 Å². The molecule has 0 bridgehead atoms. The summed E-state index contributed by atoms with van der Waals surface area (Å²) in [6.07, 6.45) is 3.32. The molecule has 5 heteroatoms. The maximum Gasteiger partial charge on any atom is 0.261 e. The number of aromatic amines is 1. The average Bonchev–Trinajstić information content (AvgIpc) is 2.46. The third-order valence-electron chi connectivity index (χ3n) is 4.31. The van der Waals surface area contributed by atoms with E-state index in [0.29, 0.717) is 25.6 Å². The maximum absolute atomic E-state index is 12.7. The SMILES string of the molecule is Cc1cc(C)c(C(=O)N2CCO[C@@H](CCCC(C)C)C2)c(=O)[nH]1. The van der Waals surface area contributed by atoms with Crippen molar-refractivity contribution in [3.8, 4) is 0 Å². The Bertz CT molecular complexity index is 607. The number of amides is 1. The first-order chi connectivity index (χ1) is 10.9. The van der Waals surface area contributed by atoms with E-state index in [0.717, 1.165) is 24.1 Å². The van der Waals surface area contributed by atoms with Crippen LogP contribution in [0, 0.1) is 19.8 Å². The van der Waals surface area contributed by atoms with E-state index in [9.17, 15) is 9.59 Å². The van der Waals surface area contributed by atoms with Crippen molar-refractivity contribution in [1.82, 2.24) is 9.88 Å². The van der Waals surface area contributed by atoms with E-state index in [1.54, 1.807) is 4.90 Å². The van der Waals surface area contributed by atoms with Gasteiger partial charge in [-0.15, -0.1) is 0 Å². The summed E-state index contributed by atoms with van der Waals surface area (Å²) in [5, 5.41) is 0. The van der Waals surface area contributed by atoms with Crippen LogP contribution < -0.4 is 5.56 Å². The molecule has 1 fully saturated rings. The van der Waals surface area contributed by atoms with Crippen LogP contribution in [0.4, 0.5) is 0 Å². The minimum atomic E-state index is -0.296. The molecule has 2 heterocycles. The minimum Gasteiger partial charge on any atom is -0.375 e. The highest BCUT2D eigenvalue weighted by Gasteiger charge is 2.27. The smallest absolute Gasteiger partial charge is 0.261 e. The fraction of sp³-hybridized carbons (Fsp3) is 0.667.